The second kappa shape index (κ2) is 7.34. The fraction of sp³-hybridized carbons (Fsp3) is 0.316. The van der Waals surface area contributed by atoms with Crippen molar-refractivity contribution in [1.82, 2.24) is 5.32 Å². The Morgan fingerprint density at radius 2 is 1.88 bits per heavy atom. The number of rotatable bonds is 5. The summed E-state index contributed by atoms with van der Waals surface area (Å²) in [4.78, 5) is 14.6. The Hall–Kier alpha value is -2.89. The van der Waals surface area contributed by atoms with Gasteiger partial charge >= 0.3 is 0 Å². The minimum Gasteiger partial charge on any atom is -0.497 e. The molecule has 1 aliphatic rings. The highest BCUT2D eigenvalue weighted by Crippen LogP contribution is 2.30. The van der Waals surface area contributed by atoms with Crippen LogP contribution in [-0.4, -0.2) is 39.3 Å². The Morgan fingerprint density at radius 3 is 2.52 bits per heavy atom. The Balaban J connectivity index is 1.66. The van der Waals surface area contributed by atoms with Gasteiger partial charge in [-0.3, -0.25) is 4.79 Å². The molecule has 25 heavy (non-hydrogen) atoms. The van der Waals surface area contributed by atoms with Crippen LogP contribution in [0.25, 0.3) is 0 Å². The summed E-state index contributed by atoms with van der Waals surface area (Å²) < 4.78 is 10.7. The van der Waals surface area contributed by atoms with E-state index in [1.54, 1.807) is 38.5 Å². The van der Waals surface area contributed by atoms with Crippen molar-refractivity contribution in [2.24, 2.45) is 0 Å². The number of amides is 1. The lowest BCUT2D eigenvalue weighted by Gasteiger charge is -2.20. The number of nitrogens with two attached hydrogens (primary N) is 1. The van der Waals surface area contributed by atoms with Gasteiger partial charge in [0.25, 0.3) is 5.91 Å². The molecule has 1 unspecified atom stereocenters. The third-order valence-electron chi connectivity index (χ3n) is 4.37. The van der Waals surface area contributed by atoms with Gasteiger partial charge in [-0.05, 0) is 24.6 Å². The summed E-state index contributed by atoms with van der Waals surface area (Å²) in [7, 11) is 3.27. The van der Waals surface area contributed by atoms with Gasteiger partial charge in [-0.1, -0.05) is 6.07 Å². The maximum atomic E-state index is 12.4. The molecule has 3 rings (SSSR count). The van der Waals surface area contributed by atoms with Crippen molar-refractivity contribution in [3.63, 3.8) is 0 Å². The third kappa shape index (κ3) is 3.96. The second-order valence-corrected chi connectivity index (χ2v) is 6.10. The van der Waals surface area contributed by atoms with E-state index in [9.17, 15) is 4.79 Å². The molecule has 0 aromatic heterocycles. The number of nitrogens with one attached hydrogen (secondary N) is 1. The number of ether oxygens (including phenoxy) is 2. The highest BCUT2D eigenvalue weighted by molar-refractivity contribution is 5.95. The monoisotopic (exact) mass is 341 g/mol. The van der Waals surface area contributed by atoms with Crippen LogP contribution in [-0.2, 0) is 0 Å². The van der Waals surface area contributed by atoms with Crippen molar-refractivity contribution < 1.29 is 14.3 Å². The first-order valence-corrected chi connectivity index (χ1v) is 8.23. The summed E-state index contributed by atoms with van der Waals surface area (Å²) in [6.45, 7) is 1.60. The number of benzene rings is 2. The first kappa shape index (κ1) is 17.0. The van der Waals surface area contributed by atoms with Crippen molar-refractivity contribution in [2.75, 3.05) is 37.9 Å². The maximum absolute atomic E-state index is 12.4. The number of nitrogens with zero attached hydrogens (tertiary/aromatic N) is 1. The lowest BCUT2D eigenvalue weighted by Crippen LogP contribution is -2.37. The lowest BCUT2D eigenvalue weighted by molar-refractivity contribution is 0.0940. The van der Waals surface area contributed by atoms with Gasteiger partial charge in [0, 0.05) is 54.3 Å². The van der Waals surface area contributed by atoms with Gasteiger partial charge in [0.15, 0.2) is 0 Å². The van der Waals surface area contributed by atoms with Crippen molar-refractivity contribution in [2.45, 2.75) is 12.5 Å². The van der Waals surface area contributed by atoms with Crippen LogP contribution in [0.15, 0.2) is 42.5 Å². The minimum absolute atomic E-state index is 0.0890. The van der Waals surface area contributed by atoms with Crippen LogP contribution in [0.4, 0.5) is 11.4 Å². The molecule has 1 fully saturated rings. The van der Waals surface area contributed by atoms with Crippen LogP contribution >= 0.6 is 0 Å². The minimum atomic E-state index is -0.0950. The molecule has 1 atom stereocenters. The van der Waals surface area contributed by atoms with Crippen LogP contribution in [0, 0.1) is 0 Å². The average molecular weight is 341 g/mol. The Kier molecular flexibility index (Phi) is 4.97. The highest BCUT2D eigenvalue weighted by atomic mass is 16.5. The highest BCUT2D eigenvalue weighted by Gasteiger charge is 2.25. The van der Waals surface area contributed by atoms with Crippen LogP contribution < -0.4 is 25.4 Å². The van der Waals surface area contributed by atoms with Gasteiger partial charge in [0.2, 0.25) is 0 Å². The number of hydrogen-bond donors (Lipinski definition) is 2. The molecule has 2 aromatic rings. The van der Waals surface area contributed by atoms with Gasteiger partial charge in [-0.2, -0.15) is 0 Å². The summed E-state index contributed by atoms with van der Waals surface area (Å²) in [6.07, 6.45) is 0.883. The zero-order valence-corrected chi connectivity index (χ0v) is 14.5. The predicted molar refractivity (Wildman–Crippen MR) is 98.5 cm³/mol. The van der Waals surface area contributed by atoms with Gasteiger partial charge in [-0.25, -0.2) is 0 Å². The molecular weight excluding hydrogens is 318 g/mol. The number of anilines is 2. The molecule has 6 heteroatoms. The van der Waals surface area contributed by atoms with E-state index in [0.29, 0.717) is 11.3 Å². The molecule has 1 aliphatic heterocycles. The molecule has 6 nitrogen and oxygen atoms in total. The number of nitrogen functional groups attached to an aromatic ring is 1. The molecule has 1 heterocycles. The van der Waals surface area contributed by atoms with Gasteiger partial charge < -0.3 is 25.4 Å². The molecule has 1 saturated heterocycles. The fourth-order valence-electron chi connectivity index (χ4n) is 3.04. The summed E-state index contributed by atoms with van der Waals surface area (Å²) in [6, 6.07) is 12.9. The normalized spacial score (nSPS) is 16.6. The Morgan fingerprint density at radius 1 is 1.16 bits per heavy atom. The van der Waals surface area contributed by atoms with E-state index < -0.39 is 0 Å². The van der Waals surface area contributed by atoms with E-state index in [1.165, 1.54) is 0 Å². The summed E-state index contributed by atoms with van der Waals surface area (Å²) in [5.74, 6) is 1.41. The summed E-state index contributed by atoms with van der Waals surface area (Å²) in [5, 5.41) is 3.08. The number of methoxy groups -OCH3 is 2. The first-order valence-electron chi connectivity index (χ1n) is 8.23. The molecular formula is C19H23N3O3. The van der Waals surface area contributed by atoms with Gasteiger partial charge in [-0.15, -0.1) is 0 Å². The molecule has 0 bridgehead atoms. The molecule has 132 valence electrons. The number of carbonyl (C=O) groups excluding carboxylic acids is 1. The van der Waals surface area contributed by atoms with E-state index in [4.69, 9.17) is 15.2 Å². The van der Waals surface area contributed by atoms with Gasteiger partial charge in [0.1, 0.15) is 11.5 Å². The lowest BCUT2D eigenvalue weighted by atomic mass is 10.1. The quantitative estimate of drug-likeness (QED) is 0.816. The second-order valence-electron chi connectivity index (χ2n) is 6.10. The number of hydrogen-bond acceptors (Lipinski definition) is 5. The molecule has 0 radical (unpaired) electrons. The Labute approximate surface area is 147 Å². The zero-order valence-electron chi connectivity index (χ0n) is 14.5. The zero-order chi connectivity index (χ0) is 17.8. The molecule has 0 aliphatic carbocycles. The van der Waals surface area contributed by atoms with Crippen LogP contribution in [0.3, 0.4) is 0 Å². The Bertz CT molecular complexity index is 741. The average Bonchev–Trinajstić information content (AvgIpc) is 3.09. The smallest absolute Gasteiger partial charge is 0.251 e. The first-order chi connectivity index (χ1) is 12.1. The van der Waals surface area contributed by atoms with E-state index in [1.807, 2.05) is 18.2 Å². The molecule has 2 aromatic carbocycles. The van der Waals surface area contributed by atoms with E-state index in [2.05, 4.69) is 10.2 Å². The van der Waals surface area contributed by atoms with Gasteiger partial charge in [0.05, 0.1) is 14.2 Å². The molecule has 3 N–H and O–H groups in total. The molecule has 0 saturated carbocycles. The fourth-order valence-corrected chi connectivity index (χ4v) is 3.04. The maximum Gasteiger partial charge on any atom is 0.251 e. The third-order valence-corrected chi connectivity index (χ3v) is 4.37. The standard InChI is InChI=1S/C19H23N3O3/c1-24-17-9-16(10-18(11-17)25-2)22-7-6-15(12-22)21-19(23)13-4-3-5-14(20)8-13/h3-5,8-11,15H,6-7,12,20H2,1-2H3,(H,21,23). The largest absolute Gasteiger partial charge is 0.497 e. The van der Waals surface area contributed by atoms with Crippen LogP contribution in [0.2, 0.25) is 0 Å². The molecule has 1 amide bonds. The molecule has 0 spiro atoms. The van der Waals surface area contributed by atoms with Crippen molar-refractivity contribution >= 4 is 17.3 Å². The number of carbonyl (C=O) groups is 1. The predicted octanol–water partition coefficient (Wildman–Crippen LogP) is 2.29. The van der Waals surface area contributed by atoms with E-state index in [0.717, 1.165) is 36.7 Å². The van der Waals surface area contributed by atoms with Crippen molar-refractivity contribution in [1.29, 1.82) is 0 Å². The van der Waals surface area contributed by atoms with Crippen molar-refractivity contribution in [3.8, 4) is 11.5 Å². The van der Waals surface area contributed by atoms with E-state index in [-0.39, 0.29) is 11.9 Å². The summed E-state index contributed by atoms with van der Waals surface area (Å²) in [5.41, 5.74) is 7.94. The van der Waals surface area contributed by atoms with Crippen molar-refractivity contribution in [3.05, 3.63) is 48.0 Å². The topological polar surface area (TPSA) is 76.8 Å². The summed E-state index contributed by atoms with van der Waals surface area (Å²) >= 11 is 0. The van der Waals surface area contributed by atoms with Crippen LogP contribution in [0.1, 0.15) is 16.8 Å². The SMILES string of the molecule is COc1cc(OC)cc(N2CCC(NC(=O)c3cccc(N)c3)C2)c1. The van der Waals surface area contributed by atoms with E-state index >= 15 is 0 Å². The van der Waals surface area contributed by atoms with Crippen LogP contribution in [0.5, 0.6) is 11.5 Å².